The molecule has 1 amide bonds. The summed E-state index contributed by atoms with van der Waals surface area (Å²) in [5.74, 6) is -0.413. The maximum absolute atomic E-state index is 11.1. The molecule has 0 aromatic heterocycles. The van der Waals surface area contributed by atoms with Gasteiger partial charge >= 0.3 is 0 Å². The fraction of sp³-hybridized carbons (Fsp3) is 0.273. The van der Waals surface area contributed by atoms with Gasteiger partial charge in [-0.25, -0.2) is 0 Å². The largest absolute Gasteiger partial charge is 0.508 e. The number of hydrogen-bond acceptors (Lipinski definition) is 3. The highest BCUT2D eigenvalue weighted by molar-refractivity contribution is 6.14. The number of rotatable bonds is 3. The Morgan fingerprint density at radius 1 is 1.33 bits per heavy atom. The molecule has 0 aliphatic rings. The molecule has 0 saturated carbocycles. The first-order valence-electron chi connectivity index (χ1n) is 4.54. The molecule has 0 saturated heterocycles. The zero-order valence-electron chi connectivity index (χ0n) is 8.74. The van der Waals surface area contributed by atoms with Gasteiger partial charge < -0.3 is 16.2 Å². The molecule has 1 aromatic carbocycles. The van der Waals surface area contributed by atoms with Crippen LogP contribution in [0.3, 0.4) is 0 Å². The van der Waals surface area contributed by atoms with Crippen LogP contribution in [-0.4, -0.2) is 16.7 Å². The van der Waals surface area contributed by atoms with Crippen LogP contribution in [0.4, 0.5) is 0 Å². The van der Waals surface area contributed by atoms with Crippen molar-refractivity contribution in [2.45, 2.75) is 13.8 Å². The van der Waals surface area contributed by atoms with Crippen LogP contribution in [0.25, 0.3) is 0 Å². The number of carbonyl (C=O) groups is 1. The predicted molar refractivity (Wildman–Crippen MR) is 57.9 cm³/mol. The molecule has 15 heavy (non-hydrogen) atoms. The van der Waals surface area contributed by atoms with E-state index in [1.807, 2.05) is 0 Å². The molecule has 0 atom stereocenters. The van der Waals surface area contributed by atoms with Gasteiger partial charge in [-0.05, 0) is 43.7 Å². The lowest BCUT2D eigenvalue weighted by Gasteiger charge is -2.21. The van der Waals surface area contributed by atoms with E-state index in [1.54, 1.807) is 26.0 Å². The molecular weight excluding hydrogens is 192 g/mol. The third kappa shape index (κ3) is 2.15. The maximum Gasteiger partial charge on any atom is 0.229 e. The monoisotopic (exact) mass is 206 g/mol. The first-order chi connectivity index (χ1) is 6.85. The zero-order chi connectivity index (χ0) is 11.6. The summed E-state index contributed by atoms with van der Waals surface area (Å²) in [4.78, 5) is 11.1. The second kappa shape index (κ2) is 3.73. The van der Waals surface area contributed by atoms with Crippen LogP contribution in [-0.2, 0) is 4.79 Å². The summed E-state index contributed by atoms with van der Waals surface area (Å²) < 4.78 is 0. The smallest absolute Gasteiger partial charge is 0.229 e. The van der Waals surface area contributed by atoms with Crippen molar-refractivity contribution >= 4 is 11.6 Å². The first kappa shape index (κ1) is 11.2. The van der Waals surface area contributed by atoms with Crippen molar-refractivity contribution in [3.8, 4) is 5.75 Å². The van der Waals surface area contributed by atoms with E-state index in [0.29, 0.717) is 5.56 Å². The van der Waals surface area contributed by atoms with E-state index in [4.69, 9.17) is 16.2 Å². The molecule has 4 nitrogen and oxygen atoms in total. The second-order valence-electron chi connectivity index (χ2n) is 3.91. The number of nitrogens with one attached hydrogen (secondary N) is 1. The van der Waals surface area contributed by atoms with Crippen molar-refractivity contribution in [3.05, 3.63) is 29.8 Å². The third-order valence-electron chi connectivity index (χ3n) is 2.40. The molecule has 0 aliphatic heterocycles. The predicted octanol–water partition coefficient (Wildman–Crippen LogP) is 1.27. The molecule has 80 valence electrons. The van der Waals surface area contributed by atoms with Gasteiger partial charge in [-0.15, -0.1) is 0 Å². The second-order valence-corrected chi connectivity index (χ2v) is 3.91. The molecule has 1 rings (SSSR count). The number of nitrogens with two attached hydrogens (primary N) is 1. The molecule has 4 N–H and O–H groups in total. The zero-order valence-corrected chi connectivity index (χ0v) is 8.74. The Morgan fingerprint density at radius 2 is 1.80 bits per heavy atom. The van der Waals surface area contributed by atoms with E-state index < -0.39 is 11.3 Å². The normalized spacial score (nSPS) is 11.1. The molecule has 0 fully saturated rings. The lowest BCUT2D eigenvalue weighted by molar-refractivity contribution is -0.122. The van der Waals surface area contributed by atoms with Gasteiger partial charge in [0.1, 0.15) is 5.75 Å². The highest BCUT2D eigenvalue weighted by Gasteiger charge is 2.31. The molecule has 0 aliphatic carbocycles. The SMILES string of the molecule is CC(C)(C(=N)c1ccc(O)cc1)C(N)=O. The molecule has 4 heteroatoms. The van der Waals surface area contributed by atoms with Gasteiger partial charge in [0.2, 0.25) is 5.91 Å². The van der Waals surface area contributed by atoms with Gasteiger partial charge in [0.25, 0.3) is 0 Å². The summed E-state index contributed by atoms with van der Waals surface area (Å²) in [6, 6.07) is 6.12. The number of primary amides is 1. The molecule has 0 bridgehead atoms. The van der Waals surface area contributed by atoms with Crippen LogP contribution in [0.1, 0.15) is 19.4 Å². The summed E-state index contributed by atoms with van der Waals surface area (Å²) >= 11 is 0. The van der Waals surface area contributed by atoms with E-state index in [9.17, 15) is 4.79 Å². The van der Waals surface area contributed by atoms with Crippen LogP contribution < -0.4 is 5.73 Å². The Labute approximate surface area is 88.2 Å². The first-order valence-corrected chi connectivity index (χ1v) is 4.54. The number of phenols is 1. The van der Waals surface area contributed by atoms with Crippen molar-refractivity contribution < 1.29 is 9.90 Å². The van der Waals surface area contributed by atoms with E-state index in [0.717, 1.165) is 0 Å². The third-order valence-corrected chi connectivity index (χ3v) is 2.40. The van der Waals surface area contributed by atoms with Crippen molar-refractivity contribution in [3.63, 3.8) is 0 Å². The fourth-order valence-corrected chi connectivity index (χ4v) is 1.11. The van der Waals surface area contributed by atoms with E-state index in [1.165, 1.54) is 12.1 Å². The average molecular weight is 206 g/mol. The summed E-state index contributed by atoms with van der Waals surface area (Å²) in [6.45, 7) is 3.20. The standard InChI is InChI=1S/C11H14N2O2/c1-11(2,10(13)15)9(12)7-3-5-8(14)6-4-7/h3-6,12,14H,1-2H3,(H2,13,15). The Bertz CT molecular complexity index is 394. The Morgan fingerprint density at radius 3 is 2.20 bits per heavy atom. The van der Waals surface area contributed by atoms with Crippen LogP contribution >= 0.6 is 0 Å². The molecule has 0 radical (unpaired) electrons. The van der Waals surface area contributed by atoms with Crippen LogP contribution in [0.2, 0.25) is 0 Å². The Balaban J connectivity index is 3.05. The van der Waals surface area contributed by atoms with Gasteiger partial charge in [0.05, 0.1) is 11.1 Å². The van der Waals surface area contributed by atoms with Crippen molar-refractivity contribution in [2.24, 2.45) is 11.1 Å². The minimum atomic E-state index is -1.00. The number of phenolic OH excluding ortho intramolecular Hbond substituents is 1. The maximum atomic E-state index is 11.1. The number of carbonyl (C=O) groups excluding carboxylic acids is 1. The van der Waals surface area contributed by atoms with Gasteiger partial charge in [-0.2, -0.15) is 0 Å². The minimum absolute atomic E-state index is 0.128. The van der Waals surface area contributed by atoms with E-state index in [-0.39, 0.29) is 11.5 Å². The van der Waals surface area contributed by atoms with E-state index in [2.05, 4.69) is 0 Å². The number of amides is 1. The van der Waals surface area contributed by atoms with Crippen molar-refractivity contribution in [1.29, 1.82) is 5.41 Å². The van der Waals surface area contributed by atoms with Crippen LogP contribution in [0.5, 0.6) is 5.75 Å². The highest BCUT2D eigenvalue weighted by Crippen LogP contribution is 2.22. The van der Waals surface area contributed by atoms with Crippen molar-refractivity contribution in [1.82, 2.24) is 0 Å². The Hall–Kier alpha value is -1.84. The summed E-state index contributed by atoms with van der Waals surface area (Å²) in [6.07, 6.45) is 0. The average Bonchev–Trinajstić information content (AvgIpc) is 2.17. The molecule has 1 aromatic rings. The molecular formula is C11H14N2O2. The molecule has 0 spiro atoms. The van der Waals surface area contributed by atoms with Crippen molar-refractivity contribution in [2.75, 3.05) is 0 Å². The lowest BCUT2D eigenvalue weighted by atomic mass is 9.83. The Kier molecular flexibility index (Phi) is 2.79. The molecule has 0 unspecified atom stereocenters. The quantitative estimate of drug-likeness (QED) is 0.650. The van der Waals surface area contributed by atoms with E-state index >= 15 is 0 Å². The van der Waals surface area contributed by atoms with Gasteiger partial charge in [-0.1, -0.05) is 0 Å². The summed E-state index contributed by atoms with van der Waals surface area (Å²) in [5.41, 5.74) is 4.93. The van der Waals surface area contributed by atoms with Crippen LogP contribution in [0.15, 0.2) is 24.3 Å². The number of hydrogen-bond donors (Lipinski definition) is 3. The minimum Gasteiger partial charge on any atom is -0.508 e. The number of aromatic hydroxyl groups is 1. The lowest BCUT2D eigenvalue weighted by Crippen LogP contribution is -2.38. The fourth-order valence-electron chi connectivity index (χ4n) is 1.11. The molecule has 0 heterocycles. The van der Waals surface area contributed by atoms with Gasteiger partial charge in [-0.3, -0.25) is 4.79 Å². The number of benzene rings is 1. The van der Waals surface area contributed by atoms with Gasteiger partial charge in [0, 0.05) is 0 Å². The summed E-state index contributed by atoms with van der Waals surface area (Å²) in [5, 5.41) is 16.9. The topological polar surface area (TPSA) is 87.2 Å². The highest BCUT2D eigenvalue weighted by atomic mass is 16.3. The summed E-state index contributed by atoms with van der Waals surface area (Å²) in [7, 11) is 0. The van der Waals surface area contributed by atoms with Crippen LogP contribution in [0, 0.1) is 10.8 Å². The van der Waals surface area contributed by atoms with Gasteiger partial charge in [0.15, 0.2) is 0 Å².